The number of hydrogen-bond donors (Lipinski definition) is 3. The molecule has 0 bridgehead atoms. The lowest BCUT2D eigenvalue weighted by Gasteiger charge is -2.40. The fourth-order valence-electron chi connectivity index (χ4n) is 4.19. The number of ether oxygens (including phenoxy) is 2. The van der Waals surface area contributed by atoms with E-state index in [0.717, 1.165) is 5.56 Å². The Morgan fingerprint density at radius 1 is 1.30 bits per heavy atom. The lowest BCUT2D eigenvalue weighted by molar-refractivity contribution is -0.135. The Hall–Kier alpha value is -2.42. The van der Waals surface area contributed by atoms with Crippen LogP contribution in [0.25, 0.3) is 0 Å². The van der Waals surface area contributed by atoms with E-state index >= 15 is 0 Å². The van der Waals surface area contributed by atoms with Crippen molar-refractivity contribution < 1.29 is 29.3 Å². The number of nitrogens with zero attached hydrogens (tertiary/aromatic N) is 1. The molecule has 0 saturated heterocycles. The number of para-hydroxylation sites is 1. The van der Waals surface area contributed by atoms with Gasteiger partial charge in [-0.2, -0.15) is 0 Å². The quantitative estimate of drug-likeness (QED) is 0.507. The Bertz CT molecular complexity index is 796. The molecule has 1 aromatic rings. The zero-order valence-corrected chi connectivity index (χ0v) is 17.4. The zero-order chi connectivity index (χ0) is 21.7. The van der Waals surface area contributed by atoms with Gasteiger partial charge in [-0.15, -0.1) is 0 Å². The number of rotatable bonds is 9. The molecule has 0 aromatic heterocycles. The van der Waals surface area contributed by atoms with Gasteiger partial charge in [-0.05, 0) is 25.5 Å². The predicted molar refractivity (Wildman–Crippen MR) is 110 cm³/mol. The summed E-state index contributed by atoms with van der Waals surface area (Å²) in [6.07, 6.45) is 0.617. The van der Waals surface area contributed by atoms with E-state index in [0.29, 0.717) is 37.5 Å². The van der Waals surface area contributed by atoms with Crippen LogP contribution in [0, 0.1) is 0 Å². The molecule has 30 heavy (non-hydrogen) atoms. The molecule has 4 atom stereocenters. The summed E-state index contributed by atoms with van der Waals surface area (Å²) in [6.45, 7) is 4.79. The summed E-state index contributed by atoms with van der Waals surface area (Å²) in [5.41, 5.74) is 1.26. The second-order valence-electron chi connectivity index (χ2n) is 7.44. The molecule has 3 rings (SSSR count). The Labute approximate surface area is 176 Å². The van der Waals surface area contributed by atoms with Crippen LogP contribution in [-0.4, -0.2) is 78.1 Å². The van der Waals surface area contributed by atoms with Crippen LogP contribution in [0.15, 0.2) is 35.9 Å². The van der Waals surface area contributed by atoms with Crippen molar-refractivity contribution in [2.75, 3.05) is 32.9 Å². The Kier molecular flexibility index (Phi) is 7.47. The second-order valence-corrected chi connectivity index (χ2v) is 7.44. The van der Waals surface area contributed by atoms with E-state index < -0.39 is 24.2 Å². The molecule has 2 aliphatic rings. The highest BCUT2D eigenvalue weighted by molar-refractivity contribution is 5.96. The smallest absolute Gasteiger partial charge is 0.247 e. The van der Waals surface area contributed by atoms with Crippen LogP contribution in [-0.2, 0) is 14.3 Å². The van der Waals surface area contributed by atoms with Gasteiger partial charge in [0, 0.05) is 44.4 Å². The minimum absolute atomic E-state index is 0.119. The highest BCUT2D eigenvalue weighted by atomic mass is 16.5. The average Bonchev–Trinajstić information content (AvgIpc) is 3.13. The summed E-state index contributed by atoms with van der Waals surface area (Å²) in [5, 5.41) is 22.9. The number of carbonyl (C=O) groups is 2. The van der Waals surface area contributed by atoms with Crippen molar-refractivity contribution in [3.63, 3.8) is 0 Å². The third kappa shape index (κ3) is 4.50. The number of carbonyl (C=O) groups excluding carboxylic acids is 2. The van der Waals surface area contributed by atoms with E-state index in [2.05, 4.69) is 5.32 Å². The van der Waals surface area contributed by atoms with Crippen molar-refractivity contribution in [1.29, 1.82) is 0 Å². The third-order valence-corrected chi connectivity index (χ3v) is 5.53. The van der Waals surface area contributed by atoms with Gasteiger partial charge in [-0.25, -0.2) is 0 Å². The molecule has 1 aliphatic carbocycles. The second kappa shape index (κ2) is 10.1. The van der Waals surface area contributed by atoms with E-state index in [4.69, 9.17) is 14.6 Å². The number of aliphatic hydroxyl groups is 2. The van der Waals surface area contributed by atoms with Gasteiger partial charge in [-0.1, -0.05) is 18.2 Å². The van der Waals surface area contributed by atoms with Crippen LogP contribution in [0.2, 0.25) is 0 Å². The van der Waals surface area contributed by atoms with Crippen molar-refractivity contribution in [3.05, 3.63) is 41.5 Å². The number of nitrogens with one attached hydrogen (secondary N) is 1. The largest absolute Gasteiger partial charge is 0.486 e. The number of fused-ring (bicyclic) bond motifs is 3. The van der Waals surface area contributed by atoms with E-state index in [1.54, 1.807) is 11.0 Å². The number of benzene rings is 1. The Morgan fingerprint density at radius 3 is 2.77 bits per heavy atom. The monoisotopic (exact) mass is 418 g/mol. The number of hydrogen-bond acceptors (Lipinski definition) is 6. The first-order valence-electron chi connectivity index (χ1n) is 10.4. The van der Waals surface area contributed by atoms with Crippen LogP contribution < -0.4 is 10.1 Å². The first-order valence-corrected chi connectivity index (χ1v) is 10.4. The Balaban J connectivity index is 1.93. The summed E-state index contributed by atoms with van der Waals surface area (Å²) in [4.78, 5) is 26.8. The Morgan fingerprint density at radius 2 is 2.07 bits per heavy atom. The molecular formula is C22H30N2O6. The maximum Gasteiger partial charge on any atom is 0.247 e. The molecule has 8 heteroatoms. The third-order valence-electron chi connectivity index (χ3n) is 5.53. The van der Waals surface area contributed by atoms with Crippen molar-refractivity contribution in [2.24, 2.45) is 0 Å². The van der Waals surface area contributed by atoms with Gasteiger partial charge in [0.25, 0.3) is 0 Å². The SMILES string of the molecule is CCOCCCN(C(C)=O)[C@@H]1C=C(C(=O)NCCO)[C@@H]2c3ccccc3O[C@@H]2[C@H]1O. The topological polar surface area (TPSA) is 108 Å². The van der Waals surface area contributed by atoms with Crippen LogP contribution in [0.1, 0.15) is 31.7 Å². The van der Waals surface area contributed by atoms with E-state index in [1.807, 2.05) is 31.2 Å². The maximum atomic E-state index is 12.9. The number of aliphatic hydroxyl groups excluding tert-OH is 2. The highest BCUT2D eigenvalue weighted by Gasteiger charge is 2.50. The van der Waals surface area contributed by atoms with Crippen LogP contribution >= 0.6 is 0 Å². The van der Waals surface area contributed by atoms with E-state index in [1.165, 1.54) is 6.92 Å². The molecule has 0 unspecified atom stereocenters. The van der Waals surface area contributed by atoms with Gasteiger partial charge in [-0.3, -0.25) is 9.59 Å². The lowest BCUT2D eigenvalue weighted by Crippen LogP contribution is -2.55. The molecule has 3 N–H and O–H groups in total. The van der Waals surface area contributed by atoms with Crippen LogP contribution in [0.5, 0.6) is 5.75 Å². The van der Waals surface area contributed by atoms with Gasteiger partial charge < -0.3 is 29.9 Å². The summed E-state index contributed by atoms with van der Waals surface area (Å²) >= 11 is 0. The molecule has 0 fully saturated rings. The molecule has 1 aromatic carbocycles. The highest BCUT2D eigenvalue weighted by Crippen LogP contribution is 2.47. The predicted octanol–water partition coefficient (Wildman–Crippen LogP) is 0.584. The van der Waals surface area contributed by atoms with Gasteiger partial charge in [0.05, 0.1) is 18.6 Å². The van der Waals surface area contributed by atoms with Crippen LogP contribution in [0.3, 0.4) is 0 Å². The molecule has 8 nitrogen and oxygen atoms in total. The van der Waals surface area contributed by atoms with Gasteiger partial charge >= 0.3 is 0 Å². The lowest BCUT2D eigenvalue weighted by atomic mass is 9.77. The average molecular weight is 418 g/mol. The number of amides is 2. The molecular weight excluding hydrogens is 388 g/mol. The molecule has 1 aliphatic heterocycles. The molecule has 0 spiro atoms. The van der Waals surface area contributed by atoms with E-state index in [-0.39, 0.29) is 25.0 Å². The van der Waals surface area contributed by atoms with Crippen molar-refractivity contribution in [2.45, 2.75) is 44.4 Å². The minimum atomic E-state index is -0.993. The molecule has 0 saturated carbocycles. The first kappa shape index (κ1) is 22.3. The summed E-state index contributed by atoms with van der Waals surface area (Å²) in [7, 11) is 0. The standard InChI is InChI=1S/C22H30N2O6/c1-3-29-12-6-10-24(14(2)26)17-13-16(22(28)23-9-11-25)19-15-7-4-5-8-18(15)30-21(19)20(17)27/h4-5,7-8,13,17,19-21,25,27H,3,6,9-12H2,1-2H3,(H,23,28)/t17-,19+,20+,21+/m1/s1. The van der Waals surface area contributed by atoms with Gasteiger partial charge in [0.1, 0.15) is 18.0 Å². The molecule has 0 radical (unpaired) electrons. The fourth-order valence-corrected chi connectivity index (χ4v) is 4.19. The molecule has 1 heterocycles. The van der Waals surface area contributed by atoms with E-state index in [9.17, 15) is 14.7 Å². The maximum absolute atomic E-state index is 12.9. The normalized spacial score (nSPS) is 24.3. The van der Waals surface area contributed by atoms with Gasteiger partial charge in [0.2, 0.25) is 11.8 Å². The fraction of sp³-hybridized carbons (Fsp3) is 0.545. The summed E-state index contributed by atoms with van der Waals surface area (Å²) in [5.74, 6) is -0.355. The van der Waals surface area contributed by atoms with Crippen molar-refractivity contribution in [3.8, 4) is 5.75 Å². The zero-order valence-electron chi connectivity index (χ0n) is 17.4. The minimum Gasteiger partial charge on any atom is -0.486 e. The summed E-state index contributed by atoms with van der Waals surface area (Å²) in [6, 6.07) is 6.69. The van der Waals surface area contributed by atoms with Gasteiger partial charge in [0.15, 0.2) is 0 Å². The van der Waals surface area contributed by atoms with Crippen molar-refractivity contribution in [1.82, 2.24) is 10.2 Å². The summed E-state index contributed by atoms with van der Waals surface area (Å²) < 4.78 is 11.4. The first-order chi connectivity index (χ1) is 14.5. The molecule has 164 valence electrons. The van der Waals surface area contributed by atoms with Crippen molar-refractivity contribution >= 4 is 11.8 Å². The molecule has 2 amide bonds. The van der Waals surface area contributed by atoms with Crippen LogP contribution in [0.4, 0.5) is 0 Å².